The lowest BCUT2D eigenvalue weighted by Gasteiger charge is -2.09. The summed E-state index contributed by atoms with van der Waals surface area (Å²) < 4.78 is 5.49. The van der Waals surface area contributed by atoms with Crippen molar-refractivity contribution in [3.63, 3.8) is 0 Å². The molecule has 0 bridgehead atoms. The van der Waals surface area contributed by atoms with Gasteiger partial charge in [0.25, 0.3) is 0 Å². The van der Waals surface area contributed by atoms with Crippen molar-refractivity contribution >= 4 is 57.1 Å². The average molecular weight is 373 g/mol. The number of benzene rings is 1. The molecular weight excluding hydrogens is 359 g/mol. The molecular formula is C14H14Cl2N4O2S. The van der Waals surface area contributed by atoms with Gasteiger partial charge < -0.3 is 20.1 Å². The third-order valence-corrected chi connectivity index (χ3v) is 4.27. The third kappa shape index (κ3) is 3.74. The largest absolute Gasteiger partial charge is 0.493 e. The van der Waals surface area contributed by atoms with E-state index in [-0.39, 0.29) is 22.8 Å². The highest BCUT2D eigenvalue weighted by atomic mass is 35.5. The van der Waals surface area contributed by atoms with Crippen molar-refractivity contribution in [3.05, 3.63) is 22.2 Å². The molecule has 1 atom stereocenters. The molecule has 3 N–H and O–H groups in total. The normalized spacial score (nSPS) is 18.1. The minimum Gasteiger partial charge on any atom is -0.493 e. The zero-order valence-corrected chi connectivity index (χ0v) is 14.3. The highest BCUT2D eigenvalue weighted by Crippen LogP contribution is 2.40. The zero-order valence-electron chi connectivity index (χ0n) is 12.0. The molecule has 0 saturated carbocycles. The van der Waals surface area contributed by atoms with Gasteiger partial charge in [0, 0.05) is 23.6 Å². The van der Waals surface area contributed by atoms with Crippen molar-refractivity contribution in [1.29, 1.82) is 0 Å². The van der Waals surface area contributed by atoms with E-state index in [4.69, 9.17) is 40.2 Å². The van der Waals surface area contributed by atoms with Gasteiger partial charge in [0.15, 0.2) is 5.69 Å². The zero-order chi connectivity index (χ0) is 16.4. The highest BCUT2D eigenvalue weighted by molar-refractivity contribution is 7.80. The number of hydrogen-bond donors (Lipinski definition) is 3. The molecule has 23 heavy (non-hydrogen) atoms. The van der Waals surface area contributed by atoms with Gasteiger partial charge in [0.2, 0.25) is 11.0 Å². The molecule has 1 saturated heterocycles. The monoisotopic (exact) mass is 372 g/mol. The average Bonchev–Trinajstić information content (AvgIpc) is 3.11. The Bertz CT molecular complexity index is 772. The number of aromatic amines is 1. The van der Waals surface area contributed by atoms with E-state index in [0.717, 1.165) is 19.4 Å². The maximum atomic E-state index is 9.97. The van der Waals surface area contributed by atoms with Crippen LogP contribution in [0.2, 0.25) is 10.0 Å². The Labute approximate surface area is 147 Å². The van der Waals surface area contributed by atoms with Gasteiger partial charge in [-0.3, -0.25) is 0 Å². The summed E-state index contributed by atoms with van der Waals surface area (Å²) in [6.45, 7) is 1.38. The summed E-state index contributed by atoms with van der Waals surface area (Å²) in [5.41, 5.74) is 0.784. The molecule has 1 fully saturated rings. The number of ether oxygens (including phenoxy) is 1. The number of hydrogen-bond acceptors (Lipinski definition) is 4. The van der Waals surface area contributed by atoms with Gasteiger partial charge in [-0.25, -0.2) is 0 Å². The number of thiocarbonyl (C=S) groups is 1. The number of aromatic hydroxyl groups is 1. The molecule has 1 aromatic carbocycles. The molecule has 0 radical (unpaired) electrons. The van der Waals surface area contributed by atoms with Crippen LogP contribution in [-0.2, 0) is 4.74 Å². The second kappa shape index (κ2) is 7.00. The number of halogens is 2. The summed E-state index contributed by atoms with van der Waals surface area (Å²) in [6, 6.07) is 3.23. The van der Waals surface area contributed by atoms with Gasteiger partial charge in [-0.15, -0.1) is 10.2 Å². The molecule has 6 nitrogen and oxygen atoms in total. The van der Waals surface area contributed by atoms with Crippen molar-refractivity contribution < 1.29 is 9.84 Å². The molecule has 9 heteroatoms. The van der Waals surface area contributed by atoms with E-state index in [1.165, 1.54) is 0 Å². The van der Waals surface area contributed by atoms with E-state index >= 15 is 0 Å². The quantitative estimate of drug-likeness (QED) is 0.553. The van der Waals surface area contributed by atoms with Crippen LogP contribution in [0.4, 0.5) is 5.69 Å². The van der Waals surface area contributed by atoms with Gasteiger partial charge in [0.05, 0.1) is 16.6 Å². The van der Waals surface area contributed by atoms with Crippen LogP contribution in [0.15, 0.2) is 22.4 Å². The first-order chi connectivity index (χ1) is 11.0. The molecule has 2 aromatic rings. The number of nitrogens with zero attached hydrogens (tertiary/aromatic N) is 2. The topological polar surface area (TPSA) is 82.0 Å². The summed E-state index contributed by atoms with van der Waals surface area (Å²) >= 11 is 17.2. The SMILES string of the molecule is Oc1[nH]c2c(Cl)cc(Cl)cc2c1N=NC(=S)NCC1CCCO1. The summed E-state index contributed by atoms with van der Waals surface area (Å²) in [6.07, 6.45) is 2.22. The number of nitrogens with one attached hydrogen (secondary N) is 2. The van der Waals surface area contributed by atoms with Crippen LogP contribution >= 0.6 is 35.4 Å². The second-order valence-electron chi connectivity index (χ2n) is 5.15. The van der Waals surface area contributed by atoms with Gasteiger partial charge in [-0.05, 0) is 37.2 Å². The van der Waals surface area contributed by atoms with Crippen molar-refractivity contribution in [3.8, 4) is 5.88 Å². The van der Waals surface area contributed by atoms with E-state index < -0.39 is 0 Å². The van der Waals surface area contributed by atoms with Crippen LogP contribution in [0.1, 0.15) is 12.8 Å². The Morgan fingerprint density at radius 1 is 1.48 bits per heavy atom. The van der Waals surface area contributed by atoms with E-state index in [1.54, 1.807) is 12.1 Å². The molecule has 0 amide bonds. The van der Waals surface area contributed by atoms with Crippen LogP contribution in [0.3, 0.4) is 0 Å². The summed E-state index contributed by atoms with van der Waals surface area (Å²) in [7, 11) is 0. The lowest BCUT2D eigenvalue weighted by atomic mass is 10.2. The fourth-order valence-corrected chi connectivity index (χ4v) is 3.10. The maximum absolute atomic E-state index is 9.97. The number of fused-ring (bicyclic) bond motifs is 1. The summed E-state index contributed by atoms with van der Waals surface area (Å²) in [5.74, 6) is -0.144. The van der Waals surface area contributed by atoms with E-state index in [1.807, 2.05) is 0 Å². The fraction of sp³-hybridized carbons (Fsp3) is 0.357. The Morgan fingerprint density at radius 2 is 2.30 bits per heavy atom. The first kappa shape index (κ1) is 16.4. The Hall–Kier alpha value is -1.41. The first-order valence-corrected chi connectivity index (χ1v) is 8.22. The predicted molar refractivity (Wildman–Crippen MR) is 94.1 cm³/mol. The smallest absolute Gasteiger partial charge is 0.218 e. The number of azo groups is 1. The van der Waals surface area contributed by atoms with Crippen molar-refractivity contribution in [2.45, 2.75) is 18.9 Å². The molecule has 122 valence electrons. The van der Waals surface area contributed by atoms with Gasteiger partial charge in [-0.1, -0.05) is 23.2 Å². The maximum Gasteiger partial charge on any atom is 0.218 e. The molecule has 0 spiro atoms. The van der Waals surface area contributed by atoms with E-state index in [0.29, 0.717) is 27.5 Å². The lowest BCUT2D eigenvalue weighted by molar-refractivity contribution is 0.114. The van der Waals surface area contributed by atoms with Gasteiger partial charge >= 0.3 is 0 Å². The molecule has 0 aliphatic carbocycles. The fourth-order valence-electron chi connectivity index (χ4n) is 2.43. The standard InChI is InChI=1S/C14H14Cl2N4O2S/c15-7-4-9-11(10(16)5-7)18-13(21)12(9)19-20-14(23)17-6-8-2-1-3-22-8/h4-5,8,18,21H,1-3,6H2,(H,17,23). The highest BCUT2D eigenvalue weighted by Gasteiger charge is 2.16. The molecule has 1 unspecified atom stereocenters. The van der Waals surface area contributed by atoms with E-state index in [9.17, 15) is 5.11 Å². The Balaban J connectivity index is 1.75. The second-order valence-corrected chi connectivity index (χ2v) is 6.38. The minimum absolute atomic E-state index is 0.144. The Morgan fingerprint density at radius 3 is 3.04 bits per heavy atom. The molecule has 2 heterocycles. The molecule has 1 aliphatic rings. The Kier molecular flexibility index (Phi) is 5.01. The van der Waals surface area contributed by atoms with Gasteiger partial charge in [0.1, 0.15) is 0 Å². The summed E-state index contributed by atoms with van der Waals surface area (Å²) in [4.78, 5) is 2.75. The van der Waals surface area contributed by atoms with Crippen LogP contribution in [0, 0.1) is 0 Å². The molecule has 3 rings (SSSR count). The summed E-state index contributed by atoms with van der Waals surface area (Å²) in [5, 5.41) is 22.5. The molecule has 1 aliphatic heterocycles. The third-order valence-electron chi connectivity index (χ3n) is 3.52. The van der Waals surface area contributed by atoms with Crippen LogP contribution < -0.4 is 5.32 Å². The predicted octanol–water partition coefficient (Wildman–Crippen LogP) is 4.32. The van der Waals surface area contributed by atoms with Crippen LogP contribution in [-0.4, -0.2) is 34.5 Å². The van der Waals surface area contributed by atoms with Crippen LogP contribution in [0.5, 0.6) is 5.88 Å². The van der Waals surface area contributed by atoms with E-state index in [2.05, 4.69) is 20.5 Å². The minimum atomic E-state index is -0.144. The van der Waals surface area contributed by atoms with Gasteiger partial charge in [-0.2, -0.15) is 0 Å². The lowest BCUT2D eigenvalue weighted by Crippen LogP contribution is -2.29. The van der Waals surface area contributed by atoms with Crippen molar-refractivity contribution in [1.82, 2.24) is 10.3 Å². The number of rotatable bonds is 3. The number of aromatic nitrogens is 1. The number of H-pyrrole nitrogens is 1. The first-order valence-electron chi connectivity index (χ1n) is 7.05. The van der Waals surface area contributed by atoms with Crippen LogP contribution in [0.25, 0.3) is 10.9 Å². The van der Waals surface area contributed by atoms with Crippen molar-refractivity contribution in [2.24, 2.45) is 10.2 Å². The van der Waals surface area contributed by atoms with Crippen molar-refractivity contribution in [2.75, 3.05) is 13.2 Å². The molecule has 1 aromatic heterocycles.